The number of hydrogen-bond donors (Lipinski definition) is 2. The SMILES string of the molecule is C#CCCOc1ccc([C@@H]2N=C(N)Nc3nc4ccccc4n32)cc1. The minimum Gasteiger partial charge on any atom is -0.493 e. The number of ether oxygens (including phenoxy) is 1. The van der Waals surface area contributed by atoms with Gasteiger partial charge in [0.15, 0.2) is 12.1 Å². The van der Waals surface area contributed by atoms with Crippen LogP contribution in [0.3, 0.4) is 0 Å². The minimum atomic E-state index is -0.275. The molecule has 0 unspecified atom stereocenters. The van der Waals surface area contributed by atoms with Crippen molar-refractivity contribution >= 4 is 22.9 Å². The van der Waals surface area contributed by atoms with Crippen LogP contribution in [-0.2, 0) is 0 Å². The van der Waals surface area contributed by atoms with E-state index in [1.54, 1.807) is 0 Å². The molecule has 25 heavy (non-hydrogen) atoms. The number of benzene rings is 2. The molecule has 6 nitrogen and oxygen atoms in total. The molecule has 3 N–H and O–H groups in total. The molecule has 1 atom stereocenters. The fourth-order valence-electron chi connectivity index (χ4n) is 2.90. The van der Waals surface area contributed by atoms with E-state index in [1.807, 2.05) is 53.1 Å². The third-order valence-corrected chi connectivity index (χ3v) is 4.03. The molecule has 0 aliphatic carbocycles. The molecule has 3 aromatic rings. The number of nitrogens with one attached hydrogen (secondary N) is 1. The number of rotatable bonds is 4. The van der Waals surface area contributed by atoms with Gasteiger partial charge >= 0.3 is 0 Å². The average Bonchev–Trinajstić information content (AvgIpc) is 3.00. The van der Waals surface area contributed by atoms with Gasteiger partial charge in [-0.2, -0.15) is 0 Å². The molecule has 0 saturated carbocycles. The van der Waals surface area contributed by atoms with E-state index in [0.717, 1.165) is 22.3 Å². The number of aromatic nitrogens is 2. The molecule has 0 fully saturated rings. The van der Waals surface area contributed by atoms with Crippen molar-refractivity contribution in [3.63, 3.8) is 0 Å². The zero-order chi connectivity index (χ0) is 17.2. The quantitative estimate of drug-likeness (QED) is 0.569. The van der Waals surface area contributed by atoms with Crippen molar-refractivity contribution in [1.82, 2.24) is 9.55 Å². The van der Waals surface area contributed by atoms with Crippen LogP contribution in [0.2, 0.25) is 0 Å². The number of nitrogens with zero attached hydrogens (tertiary/aromatic N) is 3. The van der Waals surface area contributed by atoms with Crippen molar-refractivity contribution in [3.05, 3.63) is 54.1 Å². The smallest absolute Gasteiger partial charge is 0.212 e. The maximum atomic E-state index is 5.95. The first-order valence-electron chi connectivity index (χ1n) is 8.00. The van der Waals surface area contributed by atoms with Crippen LogP contribution in [0, 0.1) is 12.3 Å². The van der Waals surface area contributed by atoms with Gasteiger partial charge in [-0.15, -0.1) is 12.3 Å². The maximum absolute atomic E-state index is 5.95. The Morgan fingerprint density at radius 2 is 2.00 bits per heavy atom. The lowest BCUT2D eigenvalue weighted by Gasteiger charge is -2.24. The van der Waals surface area contributed by atoms with Gasteiger partial charge in [0.05, 0.1) is 17.6 Å². The molecular formula is C19H17N5O. The van der Waals surface area contributed by atoms with E-state index in [1.165, 1.54) is 0 Å². The molecule has 4 rings (SSSR count). The summed E-state index contributed by atoms with van der Waals surface area (Å²) in [6, 6.07) is 15.7. The number of guanidine groups is 1. The average molecular weight is 331 g/mol. The molecule has 0 bridgehead atoms. The van der Waals surface area contributed by atoms with E-state index < -0.39 is 0 Å². The lowest BCUT2D eigenvalue weighted by atomic mass is 10.1. The van der Waals surface area contributed by atoms with Crippen molar-refractivity contribution < 1.29 is 4.74 Å². The van der Waals surface area contributed by atoms with Crippen LogP contribution in [0.4, 0.5) is 5.95 Å². The fraction of sp³-hybridized carbons (Fsp3) is 0.158. The van der Waals surface area contributed by atoms with E-state index in [2.05, 4.69) is 21.2 Å². The Morgan fingerprint density at radius 3 is 2.80 bits per heavy atom. The van der Waals surface area contributed by atoms with E-state index in [0.29, 0.717) is 24.9 Å². The van der Waals surface area contributed by atoms with E-state index >= 15 is 0 Å². The van der Waals surface area contributed by atoms with Gasteiger partial charge in [-0.25, -0.2) is 9.98 Å². The van der Waals surface area contributed by atoms with Gasteiger partial charge in [0.1, 0.15) is 5.75 Å². The number of nitrogens with two attached hydrogens (primary N) is 1. The Morgan fingerprint density at radius 1 is 1.20 bits per heavy atom. The van der Waals surface area contributed by atoms with Crippen LogP contribution < -0.4 is 15.8 Å². The Bertz CT molecular complexity index is 981. The van der Waals surface area contributed by atoms with Gasteiger partial charge in [0.25, 0.3) is 0 Å². The summed E-state index contributed by atoms with van der Waals surface area (Å²) >= 11 is 0. The van der Waals surface area contributed by atoms with Crippen LogP contribution >= 0.6 is 0 Å². The molecular weight excluding hydrogens is 314 g/mol. The predicted molar refractivity (Wildman–Crippen MR) is 98.5 cm³/mol. The predicted octanol–water partition coefficient (Wildman–Crippen LogP) is 2.73. The van der Waals surface area contributed by atoms with Crippen molar-refractivity contribution in [2.75, 3.05) is 11.9 Å². The lowest BCUT2D eigenvalue weighted by Crippen LogP contribution is -2.31. The molecule has 1 aromatic heterocycles. The zero-order valence-corrected chi connectivity index (χ0v) is 13.5. The van der Waals surface area contributed by atoms with Crippen molar-refractivity contribution in [2.45, 2.75) is 12.6 Å². The molecule has 0 spiro atoms. The van der Waals surface area contributed by atoms with Gasteiger partial charge in [0, 0.05) is 6.42 Å². The maximum Gasteiger partial charge on any atom is 0.212 e. The highest BCUT2D eigenvalue weighted by atomic mass is 16.5. The summed E-state index contributed by atoms with van der Waals surface area (Å²) in [5.74, 6) is 4.37. The third kappa shape index (κ3) is 2.76. The summed E-state index contributed by atoms with van der Waals surface area (Å²) in [6.45, 7) is 0.505. The highest BCUT2D eigenvalue weighted by Gasteiger charge is 2.24. The Kier molecular flexibility index (Phi) is 3.75. The number of para-hydroxylation sites is 2. The second-order valence-electron chi connectivity index (χ2n) is 5.68. The van der Waals surface area contributed by atoms with Crippen LogP contribution in [0.5, 0.6) is 5.75 Å². The second-order valence-corrected chi connectivity index (χ2v) is 5.68. The summed E-state index contributed by atoms with van der Waals surface area (Å²) in [6.07, 6.45) is 5.55. The van der Waals surface area contributed by atoms with Crippen LogP contribution in [0.25, 0.3) is 11.0 Å². The molecule has 0 radical (unpaired) electrons. The van der Waals surface area contributed by atoms with Gasteiger partial charge in [-0.3, -0.25) is 9.88 Å². The highest BCUT2D eigenvalue weighted by molar-refractivity contribution is 5.94. The van der Waals surface area contributed by atoms with Gasteiger partial charge in [0.2, 0.25) is 5.95 Å². The van der Waals surface area contributed by atoms with E-state index in [-0.39, 0.29) is 6.17 Å². The summed E-state index contributed by atoms with van der Waals surface area (Å²) in [7, 11) is 0. The molecule has 2 aromatic carbocycles. The number of fused-ring (bicyclic) bond motifs is 3. The Labute approximate surface area is 145 Å². The van der Waals surface area contributed by atoms with Crippen LogP contribution in [-0.4, -0.2) is 22.1 Å². The van der Waals surface area contributed by atoms with Crippen molar-refractivity contribution in [1.29, 1.82) is 0 Å². The molecule has 0 saturated heterocycles. The Balaban J connectivity index is 1.70. The first kappa shape index (κ1) is 15.1. The molecule has 2 heterocycles. The Hall–Kier alpha value is -3.46. The number of imidazole rings is 1. The topological polar surface area (TPSA) is 77.5 Å². The monoisotopic (exact) mass is 331 g/mol. The number of hydrogen-bond acceptors (Lipinski definition) is 5. The standard InChI is InChI=1S/C19H17N5O/c1-2-3-12-25-14-10-8-13(9-11-14)17-22-18(20)23-19-21-15-6-4-5-7-16(15)24(17)19/h1,4-11,17H,3,12H2,(H3,20,21,22,23)/t17-/m1/s1. The first-order chi connectivity index (χ1) is 12.3. The molecule has 1 aliphatic rings. The van der Waals surface area contributed by atoms with Gasteiger partial charge < -0.3 is 10.5 Å². The summed E-state index contributed by atoms with van der Waals surface area (Å²) in [5, 5.41) is 3.03. The van der Waals surface area contributed by atoms with Gasteiger partial charge in [-0.1, -0.05) is 24.3 Å². The third-order valence-electron chi connectivity index (χ3n) is 4.03. The number of aliphatic imine (C=N–C) groups is 1. The highest BCUT2D eigenvalue weighted by Crippen LogP contribution is 2.32. The summed E-state index contributed by atoms with van der Waals surface area (Å²) < 4.78 is 7.64. The minimum absolute atomic E-state index is 0.275. The molecule has 1 aliphatic heterocycles. The molecule has 6 heteroatoms. The largest absolute Gasteiger partial charge is 0.493 e. The first-order valence-corrected chi connectivity index (χ1v) is 8.00. The molecule has 124 valence electrons. The normalized spacial score (nSPS) is 15.8. The van der Waals surface area contributed by atoms with Crippen LogP contribution in [0.15, 0.2) is 53.5 Å². The fourth-order valence-corrected chi connectivity index (χ4v) is 2.90. The zero-order valence-electron chi connectivity index (χ0n) is 13.5. The number of terminal acetylenes is 1. The second kappa shape index (κ2) is 6.21. The van der Waals surface area contributed by atoms with Crippen LogP contribution in [0.1, 0.15) is 18.2 Å². The lowest BCUT2D eigenvalue weighted by molar-refractivity contribution is 0.327. The van der Waals surface area contributed by atoms with E-state index in [4.69, 9.17) is 16.9 Å². The van der Waals surface area contributed by atoms with Crippen molar-refractivity contribution in [3.8, 4) is 18.1 Å². The van der Waals surface area contributed by atoms with Gasteiger partial charge in [-0.05, 0) is 29.8 Å². The van der Waals surface area contributed by atoms with Crippen molar-refractivity contribution in [2.24, 2.45) is 10.7 Å². The van der Waals surface area contributed by atoms with E-state index in [9.17, 15) is 0 Å². The molecule has 0 amide bonds. The summed E-state index contributed by atoms with van der Waals surface area (Å²) in [5.41, 5.74) is 8.85. The number of anilines is 1. The summed E-state index contributed by atoms with van der Waals surface area (Å²) in [4.78, 5) is 9.15.